The van der Waals surface area contributed by atoms with Gasteiger partial charge in [-0.3, -0.25) is 9.98 Å². The molecule has 14 heavy (non-hydrogen) atoms. The third-order valence-corrected chi connectivity index (χ3v) is 2.16. The molecule has 0 saturated carbocycles. The first-order valence-electron chi connectivity index (χ1n) is 5.19. The van der Waals surface area contributed by atoms with Crippen molar-refractivity contribution in [1.29, 1.82) is 0 Å². The zero-order valence-electron chi connectivity index (χ0n) is 9.20. The molecule has 2 nitrogen and oxygen atoms in total. The predicted octanol–water partition coefficient (Wildman–Crippen LogP) is 3.08. The molecule has 2 heteroatoms. The summed E-state index contributed by atoms with van der Waals surface area (Å²) in [6, 6.07) is 6.32. The van der Waals surface area contributed by atoms with E-state index in [-0.39, 0.29) is 0 Å². The van der Waals surface area contributed by atoms with Gasteiger partial charge in [-0.25, -0.2) is 0 Å². The smallest absolute Gasteiger partial charge is 0.0837 e. The summed E-state index contributed by atoms with van der Waals surface area (Å²) in [5, 5.41) is 0. The second kappa shape index (κ2) is 5.53. The molecule has 0 aliphatic heterocycles. The van der Waals surface area contributed by atoms with Crippen molar-refractivity contribution in [2.75, 3.05) is 0 Å². The number of pyridine rings is 1. The van der Waals surface area contributed by atoms with Crippen LogP contribution in [0.3, 0.4) is 0 Å². The Balaban J connectivity index is 2.69. The highest BCUT2D eigenvalue weighted by Gasteiger charge is 2.01. The van der Waals surface area contributed by atoms with Crippen molar-refractivity contribution in [3.05, 3.63) is 30.1 Å². The van der Waals surface area contributed by atoms with Crippen molar-refractivity contribution in [1.82, 2.24) is 4.98 Å². The Kier molecular flexibility index (Phi) is 4.30. The SMILES string of the molecule is CCCC(C)N=C(C)c1ccccn1. The first-order chi connectivity index (χ1) is 6.74. The summed E-state index contributed by atoms with van der Waals surface area (Å²) in [6.45, 7) is 6.35. The average molecular weight is 190 g/mol. The van der Waals surface area contributed by atoms with E-state index in [0.717, 1.165) is 17.8 Å². The molecule has 0 spiro atoms. The van der Waals surface area contributed by atoms with E-state index in [9.17, 15) is 0 Å². The fourth-order valence-corrected chi connectivity index (χ4v) is 1.46. The van der Waals surface area contributed by atoms with Crippen molar-refractivity contribution in [2.45, 2.75) is 39.7 Å². The van der Waals surface area contributed by atoms with Crippen LogP contribution in [-0.4, -0.2) is 16.7 Å². The molecule has 1 heterocycles. The fourth-order valence-electron chi connectivity index (χ4n) is 1.46. The van der Waals surface area contributed by atoms with Crippen LogP contribution < -0.4 is 0 Å². The molecule has 0 aliphatic carbocycles. The minimum absolute atomic E-state index is 0.405. The van der Waals surface area contributed by atoms with Gasteiger partial charge in [0.1, 0.15) is 0 Å². The highest BCUT2D eigenvalue weighted by atomic mass is 14.8. The van der Waals surface area contributed by atoms with E-state index < -0.39 is 0 Å². The van der Waals surface area contributed by atoms with Crippen LogP contribution in [0.5, 0.6) is 0 Å². The molecular weight excluding hydrogens is 172 g/mol. The van der Waals surface area contributed by atoms with Gasteiger partial charge in [0.25, 0.3) is 0 Å². The molecule has 0 radical (unpaired) electrons. The maximum Gasteiger partial charge on any atom is 0.0837 e. The molecule has 0 amide bonds. The minimum atomic E-state index is 0.405. The van der Waals surface area contributed by atoms with Gasteiger partial charge in [0.2, 0.25) is 0 Å². The Bertz CT molecular complexity index is 290. The fraction of sp³-hybridized carbons (Fsp3) is 0.500. The van der Waals surface area contributed by atoms with E-state index in [1.54, 1.807) is 6.20 Å². The molecule has 0 saturated heterocycles. The number of aromatic nitrogens is 1. The maximum absolute atomic E-state index is 4.59. The van der Waals surface area contributed by atoms with Crippen LogP contribution in [0.25, 0.3) is 0 Å². The Morgan fingerprint density at radius 3 is 2.86 bits per heavy atom. The Morgan fingerprint density at radius 1 is 1.50 bits per heavy atom. The Hall–Kier alpha value is -1.18. The van der Waals surface area contributed by atoms with Gasteiger partial charge in [-0.05, 0) is 32.4 Å². The van der Waals surface area contributed by atoms with E-state index >= 15 is 0 Å². The van der Waals surface area contributed by atoms with Gasteiger partial charge in [0, 0.05) is 12.2 Å². The van der Waals surface area contributed by atoms with Crippen LogP contribution in [-0.2, 0) is 0 Å². The molecule has 0 bridgehead atoms. The van der Waals surface area contributed by atoms with Gasteiger partial charge >= 0.3 is 0 Å². The van der Waals surface area contributed by atoms with E-state index in [0.29, 0.717) is 6.04 Å². The molecule has 1 unspecified atom stereocenters. The van der Waals surface area contributed by atoms with Crippen LogP contribution >= 0.6 is 0 Å². The largest absolute Gasteiger partial charge is 0.285 e. The third kappa shape index (κ3) is 3.29. The molecule has 76 valence electrons. The van der Waals surface area contributed by atoms with Crippen LogP contribution in [0.4, 0.5) is 0 Å². The van der Waals surface area contributed by atoms with E-state index in [1.807, 2.05) is 25.1 Å². The maximum atomic E-state index is 4.59. The highest BCUT2D eigenvalue weighted by molar-refractivity contribution is 5.96. The number of hydrogen-bond acceptors (Lipinski definition) is 2. The number of nitrogens with zero attached hydrogens (tertiary/aromatic N) is 2. The first kappa shape index (κ1) is 10.9. The topological polar surface area (TPSA) is 25.2 Å². The molecule has 1 aromatic rings. The van der Waals surface area contributed by atoms with Gasteiger partial charge in [0.15, 0.2) is 0 Å². The first-order valence-corrected chi connectivity index (χ1v) is 5.19. The summed E-state index contributed by atoms with van der Waals surface area (Å²) in [4.78, 5) is 8.85. The Morgan fingerprint density at radius 2 is 2.29 bits per heavy atom. The normalized spacial score (nSPS) is 14.1. The van der Waals surface area contributed by atoms with Crippen LogP contribution in [0.2, 0.25) is 0 Å². The zero-order valence-corrected chi connectivity index (χ0v) is 9.20. The summed E-state index contributed by atoms with van der Waals surface area (Å²) in [5.74, 6) is 0. The summed E-state index contributed by atoms with van der Waals surface area (Å²) >= 11 is 0. The summed E-state index contributed by atoms with van der Waals surface area (Å²) in [5.41, 5.74) is 2.02. The Labute approximate surface area is 86.1 Å². The number of rotatable bonds is 4. The van der Waals surface area contributed by atoms with Crippen molar-refractivity contribution in [3.63, 3.8) is 0 Å². The lowest BCUT2D eigenvalue weighted by molar-refractivity contribution is 0.655. The summed E-state index contributed by atoms with van der Waals surface area (Å²) < 4.78 is 0. The molecule has 0 aromatic carbocycles. The predicted molar refractivity (Wildman–Crippen MR) is 60.8 cm³/mol. The van der Waals surface area contributed by atoms with Crippen LogP contribution in [0.15, 0.2) is 29.4 Å². The lowest BCUT2D eigenvalue weighted by Crippen LogP contribution is -2.05. The second-order valence-electron chi connectivity index (χ2n) is 3.57. The number of hydrogen-bond donors (Lipinski definition) is 0. The van der Waals surface area contributed by atoms with Gasteiger partial charge in [-0.15, -0.1) is 0 Å². The molecule has 1 atom stereocenters. The van der Waals surface area contributed by atoms with Gasteiger partial charge in [-0.1, -0.05) is 19.4 Å². The minimum Gasteiger partial charge on any atom is -0.285 e. The monoisotopic (exact) mass is 190 g/mol. The van der Waals surface area contributed by atoms with Gasteiger partial charge in [-0.2, -0.15) is 0 Å². The zero-order chi connectivity index (χ0) is 10.4. The molecule has 1 aromatic heterocycles. The molecule has 1 rings (SSSR count). The van der Waals surface area contributed by atoms with Crippen molar-refractivity contribution < 1.29 is 0 Å². The molecule has 0 N–H and O–H groups in total. The van der Waals surface area contributed by atoms with Crippen LogP contribution in [0.1, 0.15) is 39.3 Å². The molecular formula is C12H18N2. The van der Waals surface area contributed by atoms with E-state index in [4.69, 9.17) is 0 Å². The van der Waals surface area contributed by atoms with Crippen molar-refractivity contribution in [3.8, 4) is 0 Å². The lowest BCUT2D eigenvalue weighted by Gasteiger charge is -2.06. The van der Waals surface area contributed by atoms with Crippen LogP contribution in [0, 0.1) is 0 Å². The average Bonchev–Trinajstić information content (AvgIpc) is 2.19. The van der Waals surface area contributed by atoms with Gasteiger partial charge < -0.3 is 0 Å². The highest BCUT2D eigenvalue weighted by Crippen LogP contribution is 2.04. The summed E-state index contributed by atoms with van der Waals surface area (Å²) in [6.07, 6.45) is 4.13. The lowest BCUT2D eigenvalue weighted by atomic mass is 10.2. The summed E-state index contributed by atoms with van der Waals surface area (Å²) in [7, 11) is 0. The third-order valence-electron chi connectivity index (χ3n) is 2.16. The molecule has 0 fully saturated rings. The standard InChI is InChI=1S/C12H18N2/c1-4-7-10(2)14-11(3)12-8-5-6-9-13-12/h5-6,8-10H,4,7H2,1-3H3. The van der Waals surface area contributed by atoms with E-state index in [2.05, 4.69) is 23.8 Å². The van der Waals surface area contributed by atoms with Crippen molar-refractivity contribution in [2.24, 2.45) is 4.99 Å². The van der Waals surface area contributed by atoms with E-state index in [1.165, 1.54) is 6.42 Å². The van der Waals surface area contributed by atoms with Crippen molar-refractivity contribution >= 4 is 5.71 Å². The molecule has 0 aliphatic rings. The number of aliphatic imine (C=N–C) groups is 1. The van der Waals surface area contributed by atoms with Gasteiger partial charge in [0.05, 0.1) is 11.4 Å². The quantitative estimate of drug-likeness (QED) is 0.670. The second-order valence-corrected chi connectivity index (χ2v) is 3.57.